The van der Waals surface area contributed by atoms with Crippen LogP contribution in [0.3, 0.4) is 0 Å². The van der Waals surface area contributed by atoms with E-state index < -0.39 is 5.54 Å². The molecule has 0 bridgehead atoms. The number of nitrogens with zero attached hydrogens (tertiary/aromatic N) is 1. The predicted molar refractivity (Wildman–Crippen MR) is 85.2 cm³/mol. The Hall–Kier alpha value is -0.710. The van der Waals surface area contributed by atoms with Gasteiger partial charge in [0.2, 0.25) is 11.8 Å². The highest BCUT2D eigenvalue weighted by Gasteiger charge is 2.52. The zero-order valence-corrected chi connectivity index (χ0v) is 13.9. The highest BCUT2D eigenvalue weighted by Crippen LogP contribution is 2.43. The van der Waals surface area contributed by atoms with E-state index in [1.54, 1.807) is 0 Å². The molecule has 0 spiro atoms. The van der Waals surface area contributed by atoms with Gasteiger partial charge < -0.3 is 10.2 Å². The summed E-state index contributed by atoms with van der Waals surface area (Å²) in [6.45, 7) is 4.72. The molecule has 3 aliphatic rings. The van der Waals surface area contributed by atoms with E-state index in [-0.39, 0.29) is 11.8 Å². The molecule has 1 N–H and O–H groups in total. The number of rotatable bonds is 4. The van der Waals surface area contributed by atoms with Crippen molar-refractivity contribution < 1.29 is 9.59 Å². The van der Waals surface area contributed by atoms with E-state index in [9.17, 15) is 9.59 Å². The molecule has 2 aliphatic carbocycles. The number of hydrogen-bond donors (Lipinski definition) is 1. The first kappa shape index (κ1) is 15.2. The van der Waals surface area contributed by atoms with Crippen LogP contribution >= 0.6 is 11.8 Å². The lowest BCUT2D eigenvalue weighted by atomic mass is 9.93. The number of carbonyl (C=O) groups excluding carboxylic acids is 2. The fourth-order valence-electron chi connectivity index (χ4n) is 3.95. The molecule has 0 radical (unpaired) electrons. The summed E-state index contributed by atoms with van der Waals surface area (Å²) in [4.78, 5) is 27.2. The van der Waals surface area contributed by atoms with Crippen LogP contribution in [0.25, 0.3) is 0 Å². The van der Waals surface area contributed by atoms with Crippen molar-refractivity contribution in [1.29, 1.82) is 0 Å². The van der Waals surface area contributed by atoms with Crippen LogP contribution in [0.15, 0.2) is 0 Å². The lowest BCUT2D eigenvalue weighted by Crippen LogP contribution is -2.59. The predicted octanol–water partition coefficient (Wildman–Crippen LogP) is 2.18. The van der Waals surface area contributed by atoms with Crippen molar-refractivity contribution in [2.24, 2.45) is 5.92 Å². The lowest BCUT2D eigenvalue weighted by molar-refractivity contribution is -0.140. The van der Waals surface area contributed by atoms with Crippen LogP contribution in [0.5, 0.6) is 0 Å². The zero-order chi connectivity index (χ0) is 15.0. The molecular weight excluding hydrogens is 284 g/mol. The molecule has 0 aromatic rings. The van der Waals surface area contributed by atoms with Gasteiger partial charge in [0, 0.05) is 24.3 Å². The van der Waals surface area contributed by atoms with Gasteiger partial charge in [0.05, 0.1) is 0 Å². The van der Waals surface area contributed by atoms with Crippen LogP contribution in [-0.2, 0) is 9.59 Å². The minimum atomic E-state index is -0.655. The van der Waals surface area contributed by atoms with Crippen molar-refractivity contribution >= 4 is 23.6 Å². The fraction of sp³-hybridized carbons (Fsp3) is 0.875. The zero-order valence-electron chi connectivity index (χ0n) is 13.1. The molecule has 1 saturated heterocycles. The van der Waals surface area contributed by atoms with Crippen molar-refractivity contribution in [3.63, 3.8) is 0 Å². The maximum atomic E-state index is 13.1. The summed E-state index contributed by atoms with van der Waals surface area (Å²) >= 11 is 1.98. The molecular formula is C16H26N2O2S. The highest BCUT2D eigenvalue weighted by atomic mass is 32.2. The molecule has 0 aromatic heterocycles. The molecule has 1 aliphatic heterocycles. The summed E-state index contributed by atoms with van der Waals surface area (Å²) in [5, 5.41) is 3.58. The summed E-state index contributed by atoms with van der Waals surface area (Å²) < 4.78 is 0. The van der Waals surface area contributed by atoms with Gasteiger partial charge in [-0.05, 0) is 44.3 Å². The molecule has 2 saturated carbocycles. The Bertz CT molecular complexity index is 438. The number of nitrogens with one attached hydrogen (secondary N) is 1. The third-order valence-electron chi connectivity index (χ3n) is 5.28. The number of hydrogen-bond acceptors (Lipinski definition) is 3. The van der Waals surface area contributed by atoms with E-state index in [4.69, 9.17) is 0 Å². The number of carbonyl (C=O) groups is 2. The summed E-state index contributed by atoms with van der Waals surface area (Å²) in [5.74, 6) is 1.65. The summed E-state index contributed by atoms with van der Waals surface area (Å²) in [6.07, 6.45) is 6.08. The van der Waals surface area contributed by atoms with Crippen LogP contribution in [0, 0.1) is 5.92 Å². The molecule has 0 aromatic carbocycles. The summed E-state index contributed by atoms with van der Waals surface area (Å²) in [7, 11) is 0. The monoisotopic (exact) mass is 310 g/mol. The van der Waals surface area contributed by atoms with Gasteiger partial charge in [-0.25, -0.2) is 0 Å². The molecule has 118 valence electrons. The van der Waals surface area contributed by atoms with Gasteiger partial charge in [-0.15, -0.1) is 0 Å². The second kappa shape index (κ2) is 5.82. The molecule has 3 rings (SSSR count). The van der Waals surface area contributed by atoms with E-state index in [2.05, 4.69) is 17.1 Å². The quantitative estimate of drug-likeness (QED) is 0.866. The first-order valence-electron chi connectivity index (χ1n) is 8.30. The largest absolute Gasteiger partial charge is 0.342 e. The Morgan fingerprint density at radius 3 is 2.71 bits per heavy atom. The lowest BCUT2D eigenvalue weighted by Gasteiger charge is -2.37. The van der Waals surface area contributed by atoms with E-state index in [1.165, 1.54) is 12.8 Å². The molecule has 1 heterocycles. The van der Waals surface area contributed by atoms with Crippen molar-refractivity contribution in [3.05, 3.63) is 0 Å². The second-order valence-electron chi connectivity index (χ2n) is 6.77. The first-order chi connectivity index (χ1) is 10.1. The van der Waals surface area contributed by atoms with E-state index in [0.717, 1.165) is 25.0 Å². The Morgan fingerprint density at radius 2 is 2.05 bits per heavy atom. The fourth-order valence-corrected chi connectivity index (χ4v) is 5.22. The third-order valence-corrected chi connectivity index (χ3v) is 6.59. The average Bonchev–Trinajstić information content (AvgIpc) is 3.22. The van der Waals surface area contributed by atoms with Crippen molar-refractivity contribution in [3.8, 4) is 0 Å². The van der Waals surface area contributed by atoms with Crippen molar-refractivity contribution in [2.45, 2.75) is 69.2 Å². The highest BCUT2D eigenvalue weighted by molar-refractivity contribution is 7.99. The Balaban J connectivity index is 1.83. The van der Waals surface area contributed by atoms with E-state index in [1.807, 2.05) is 18.7 Å². The van der Waals surface area contributed by atoms with Gasteiger partial charge in [-0.3, -0.25) is 9.59 Å². The van der Waals surface area contributed by atoms with Crippen molar-refractivity contribution in [1.82, 2.24) is 10.2 Å². The van der Waals surface area contributed by atoms with Gasteiger partial charge in [0.25, 0.3) is 0 Å². The maximum absolute atomic E-state index is 13.1. The minimum absolute atomic E-state index is 0.0398. The van der Waals surface area contributed by atoms with Gasteiger partial charge in [-0.2, -0.15) is 11.8 Å². The molecule has 3 fully saturated rings. The van der Waals surface area contributed by atoms with Gasteiger partial charge in [0.15, 0.2) is 0 Å². The van der Waals surface area contributed by atoms with Crippen LogP contribution in [0.4, 0.5) is 0 Å². The van der Waals surface area contributed by atoms with Crippen LogP contribution < -0.4 is 5.32 Å². The number of thioether (sulfide) groups is 1. The molecule has 21 heavy (non-hydrogen) atoms. The summed E-state index contributed by atoms with van der Waals surface area (Å²) in [6, 6.07) is 0.327. The standard InChI is InChI=1S/C16H26N2O2S/c1-3-21-13-6-4-5-12(13)18-10-9-14(19)17-16(2,15(18)20)11-7-8-11/h11-13H,3-10H2,1-2H3,(H,17,19). The van der Waals surface area contributed by atoms with Gasteiger partial charge >= 0.3 is 0 Å². The normalized spacial score (nSPS) is 37.5. The topological polar surface area (TPSA) is 49.4 Å². The van der Waals surface area contributed by atoms with Gasteiger partial charge in [-0.1, -0.05) is 13.3 Å². The third kappa shape index (κ3) is 2.81. The van der Waals surface area contributed by atoms with Crippen LogP contribution in [0.2, 0.25) is 0 Å². The van der Waals surface area contributed by atoms with Crippen LogP contribution in [-0.4, -0.2) is 45.8 Å². The Morgan fingerprint density at radius 1 is 1.29 bits per heavy atom. The smallest absolute Gasteiger partial charge is 0.248 e. The number of amides is 2. The van der Waals surface area contributed by atoms with Crippen molar-refractivity contribution in [2.75, 3.05) is 12.3 Å². The maximum Gasteiger partial charge on any atom is 0.248 e. The second-order valence-corrected chi connectivity index (χ2v) is 8.28. The Kier molecular flexibility index (Phi) is 4.21. The summed E-state index contributed by atoms with van der Waals surface area (Å²) in [5.41, 5.74) is -0.655. The SMILES string of the molecule is CCSC1CCCC1N1CCC(=O)NC(C)(C2CC2)C1=O. The molecule has 3 atom stereocenters. The first-order valence-corrected chi connectivity index (χ1v) is 9.35. The minimum Gasteiger partial charge on any atom is -0.342 e. The van der Waals surface area contributed by atoms with Gasteiger partial charge in [0.1, 0.15) is 5.54 Å². The van der Waals surface area contributed by atoms with E-state index >= 15 is 0 Å². The Labute approximate surface area is 131 Å². The molecule has 5 heteroatoms. The molecule has 2 amide bonds. The average molecular weight is 310 g/mol. The van der Waals surface area contributed by atoms with Crippen LogP contribution in [0.1, 0.15) is 52.4 Å². The van der Waals surface area contributed by atoms with E-state index in [0.29, 0.717) is 30.2 Å². The molecule has 3 unspecified atom stereocenters. The molecule has 4 nitrogen and oxygen atoms in total.